The summed E-state index contributed by atoms with van der Waals surface area (Å²) in [5, 5.41) is 16.7. The number of fused-ring (bicyclic) bond motifs is 12. The summed E-state index contributed by atoms with van der Waals surface area (Å²) in [6, 6.07) is 63.3. The minimum absolute atomic E-state index is 0.652. The standard InChI is InChI=1S/C51H29N3S/c1-3-13-32-25-36(23-21-30(32)11-1)49-52-50(37-24-22-31-12-2-4-14-33(31)26-37)54-51(53-49)48-46-41-20-10-9-18-39(41)38-17-7-8-19-40(38)42(46)29-45-47(48)43-27-34-15-5-6-16-35(34)28-44(43)55-45/h1-29H. The van der Waals surface area contributed by atoms with E-state index in [0.29, 0.717) is 17.5 Å². The van der Waals surface area contributed by atoms with Crippen LogP contribution < -0.4 is 0 Å². The van der Waals surface area contributed by atoms with Gasteiger partial charge in [0.2, 0.25) is 0 Å². The Kier molecular flexibility index (Phi) is 6.50. The van der Waals surface area contributed by atoms with Crippen LogP contribution in [0.4, 0.5) is 0 Å². The number of hydrogen-bond donors (Lipinski definition) is 0. The molecule has 12 aromatic rings. The van der Waals surface area contributed by atoms with Gasteiger partial charge in [-0.2, -0.15) is 0 Å². The van der Waals surface area contributed by atoms with Crippen molar-refractivity contribution in [3.05, 3.63) is 176 Å². The third-order valence-electron chi connectivity index (χ3n) is 11.2. The molecule has 0 fully saturated rings. The van der Waals surface area contributed by atoms with E-state index >= 15 is 0 Å². The maximum absolute atomic E-state index is 5.49. The third-order valence-corrected chi connectivity index (χ3v) is 12.3. The summed E-state index contributed by atoms with van der Waals surface area (Å²) in [4.78, 5) is 16.2. The molecule has 55 heavy (non-hydrogen) atoms. The largest absolute Gasteiger partial charge is 0.208 e. The lowest BCUT2D eigenvalue weighted by atomic mass is 9.89. The number of benzene rings is 10. The quantitative estimate of drug-likeness (QED) is 0.171. The molecule has 0 atom stereocenters. The van der Waals surface area contributed by atoms with Crippen LogP contribution in [-0.4, -0.2) is 15.0 Å². The van der Waals surface area contributed by atoms with Crippen molar-refractivity contribution in [3.63, 3.8) is 0 Å². The van der Waals surface area contributed by atoms with E-state index < -0.39 is 0 Å². The molecule has 0 radical (unpaired) electrons. The Morgan fingerprint density at radius 1 is 0.291 bits per heavy atom. The fourth-order valence-corrected chi connectivity index (χ4v) is 9.82. The first-order valence-electron chi connectivity index (χ1n) is 18.6. The molecule has 2 heterocycles. The van der Waals surface area contributed by atoms with Gasteiger partial charge in [-0.3, -0.25) is 0 Å². The van der Waals surface area contributed by atoms with Crippen LogP contribution in [0.25, 0.3) is 119 Å². The van der Waals surface area contributed by atoms with Gasteiger partial charge in [0, 0.05) is 42.2 Å². The minimum atomic E-state index is 0.652. The van der Waals surface area contributed by atoms with Crippen LogP contribution in [0, 0.1) is 0 Å². The molecule has 0 aliphatic rings. The summed E-state index contributed by atoms with van der Waals surface area (Å²) in [6.07, 6.45) is 0. The van der Waals surface area contributed by atoms with E-state index in [-0.39, 0.29) is 0 Å². The first-order chi connectivity index (χ1) is 27.2. The Bertz CT molecular complexity index is 3470. The van der Waals surface area contributed by atoms with Crippen molar-refractivity contribution < 1.29 is 0 Å². The van der Waals surface area contributed by atoms with Crippen molar-refractivity contribution in [1.29, 1.82) is 0 Å². The Labute approximate surface area is 319 Å². The summed E-state index contributed by atoms with van der Waals surface area (Å²) >= 11 is 1.85. The van der Waals surface area contributed by atoms with Gasteiger partial charge in [-0.05, 0) is 89.6 Å². The van der Waals surface area contributed by atoms with Gasteiger partial charge < -0.3 is 0 Å². The average Bonchev–Trinajstić information content (AvgIpc) is 3.61. The summed E-state index contributed by atoms with van der Waals surface area (Å²) in [7, 11) is 0. The Balaban J connectivity index is 1.27. The molecule has 0 saturated heterocycles. The molecular formula is C51H29N3S. The van der Waals surface area contributed by atoms with E-state index in [2.05, 4.69) is 176 Å². The molecule has 0 aliphatic heterocycles. The summed E-state index contributed by atoms with van der Waals surface area (Å²) < 4.78 is 2.46. The molecule has 4 heteroatoms. The normalized spacial score (nSPS) is 12.0. The summed E-state index contributed by atoms with van der Waals surface area (Å²) in [5.41, 5.74) is 2.96. The average molecular weight is 716 g/mol. The fraction of sp³-hybridized carbons (Fsp3) is 0. The lowest BCUT2D eigenvalue weighted by Crippen LogP contribution is -2.01. The molecule has 0 bridgehead atoms. The molecule has 0 aliphatic carbocycles. The molecule has 0 amide bonds. The van der Waals surface area contributed by atoms with E-state index in [4.69, 9.17) is 15.0 Å². The molecule has 2 aromatic heterocycles. The summed E-state index contributed by atoms with van der Waals surface area (Å²) in [5.74, 6) is 1.98. The highest BCUT2D eigenvalue weighted by molar-refractivity contribution is 7.26. The van der Waals surface area contributed by atoms with Crippen LogP contribution >= 0.6 is 11.3 Å². The van der Waals surface area contributed by atoms with E-state index in [0.717, 1.165) is 32.8 Å². The molecule has 0 unspecified atom stereocenters. The molecule has 0 saturated carbocycles. The van der Waals surface area contributed by atoms with E-state index in [9.17, 15) is 0 Å². The van der Waals surface area contributed by atoms with Crippen LogP contribution in [0.15, 0.2) is 176 Å². The van der Waals surface area contributed by atoms with Gasteiger partial charge in [-0.1, -0.05) is 146 Å². The van der Waals surface area contributed by atoms with Crippen molar-refractivity contribution >= 4 is 96.1 Å². The molecule has 3 nitrogen and oxygen atoms in total. The molecule has 10 aromatic carbocycles. The number of thiophene rings is 1. The van der Waals surface area contributed by atoms with E-state index in [1.165, 1.54) is 68.6 Å². The van der Waals surface area contributed by atoms with E-state index in [1.54, 1.807) is 0 Å². The fourth-order valence-electron chi connectivity index (χ4n) is 8.63. The number of hydrogen-bond acceptors (Lipinski definition) is 4. The number of rotatable bonds is 3. The van der Waals surface area contributed by atoms with Gasteiger partial charge in [0.05, 0.1) is 0 Å². The lowest BCUT2D eigenvalue weighted by molar-refractivity contribution is 1.08. The highest BCUT2D eigenvalue weighted by atomic mass is 32.1. The molecule has 12 rings (SSSR count). The van der Waals surface area contributed by atoms with Gasteiger partial charge in [0.15, 0.2) is 17.5 Å². The van der Waals surface area contributed by atoms with Crippen molar-refractivity contribution in [2.24, 2.45) is 0 Å². The highest BCUT2D eigenvalue weighted by Crippen LogP contribution is 2.49. The number of nitrogens with zero attached hydrogens (tertiary/aromatic N) is 3. The zero-order valence-electron chi connectivity index (χ0n) is 29.5. The van der Waals surface area contributed by atoms with Gasteiger partial charge in [-0.15, -0.1) is 11.3 Å². The number of aromatic nitrogens is 3. The van der Waals surface area contributed by atoms with E-state index in [1.807, 2.05) is 11.3 Å². The van der Waals surface area contributed by atoms with Crippen LogP contribution in [0.3, 0.4) is 0 Å². The zero-order valence-corrected chi connectivity index (χ0v) is 30.3. The first kappa shape index (κ1) is 30.5. The molecule has 254 valence electrons. The second-order valence-electron chi connectivity index (χ2n) is 14.4. The molecular weight excluding hydrogens is 687 g/mol. The second-order valence-corrected chi connectivity index (χ2v) is 15.4. The van der Waals surface area contributed by atoms with Crippen LogP contribution in [0.2, 0.25) is 0 Å². The smallest absolute Gasteiger partial charge is 0.165 e. The predicted molar refractivity (Wildman–Crippen MR) is 234 cm³/mol. The first-order valence-corrected chi connectivity index (χ1v) is 19.4. The van der Waals surface area contributed by atoms with Gasteiger partial charge in [0.25, 0.3) is 0 Å². The maximum atomic E-state index is 5.49. The van der Waals surface area contributed by atoms with Crippen molar-refractivity contribution in [2.45, 2.75) is 0 Å². The lowest BCUT2D eigenvalue weighted by Gasteiger charge is -2.16. The van der Waals surface area contributed by atoms with Gasteiger partial charge in [0.1, 0.15) is 0 Å². The highest BCUT2D eigenvalue weighted by Gasteiger charge is 2.23. The van der Waals surface area contributed by atoms with Crippen LogP contribution in [0.1, 0.15) is 0 Å². The van der Waals surface area contributed by atoms with Crippen molar-refractivity contribution in [3.8, 4) is 34.2 Å². The van der Waals surface area contributed by atoms with Gasteiger partial charge in [-0.25, -0.2) is 15.0 Å². The predicted octanol–water partition coefficient (Wildman–Crippen LogP) is 14.2. The summed E-state index contributed by atoms with van der Waals surface area (Å²) in [6.45, 7) is 0. The van der Waals surface area contributed by atoms with Crippen molar-refractivity contribution in [2.75, 3.05) is 0 Å². The van der Waals surface area contributed by atoms with Crippen LogP contribution in [0.5, 0.6) is 0 Å². The third kappa shape index (κ3) is 4.72. The maximum Gasteiger partial charge on any atom is 0.165 e. The van der Waals surface area contributed by atoms with Crippen LogP contribution in [-0.2, 0) is 0 Å². The minimum Gasteiger partial charge on any atom is -0.208 e. The monoisotopic (exact) mass is 715 g/mol. The van der Waals surface area contributed by atoms with Crippen molar-refractivity contribution in [1.82, 2.24) is 15.0 Å². The Hall–Kier alpha value is -7.01. The SMILES string of the molecule is c1ccc2cc(-c3nc(-c4ccc5ccccc5c4)nc(-c4c5c(cc6c7ccccc7c7ccccc7c46)sc4cc6ccccc6cc45)n3)ccc2c1. The second kappa shape index (κ2) is 11.7. The zero-order chi connectivity index (χ0) is 36.0. The molecule has 0 spiro atoms. The molecule has 0 N–H and O–H groups in total. The Morgan fingerprint density at radius 2 is 0.745 bits per heavy atom. The Morgan fingerprint density at radius 3 is 1.35 bits per heavy atom. The van der Waals surface area contributed by atoms with Gasteiger partial charge >= 0.3 is 0 Å². The topological polar surface area (TPSA) is 38.7 Å².